The third-order valence-electron chi connectivity index (χ3n) is 10.6. The van der Waals surface area contributed by atoms with Gasteiger partial charge in [0, 0.05) is 60.2 Å². The lowest BCUT2D eigenvalue weighted by atomic mass is 9.87. The number of thiazole rings is 1. The molecule has 1 atom stereocenters. The summed E-state index contributed by atoms with van der Waals surface area (Å²) in [5, 5.41) is 10.9. The molecule has 3 aromatic carbocycles. The monoisotopic (exact) mass is 862 g/mol. The van der Waals surface area contributed by atoms with Gasteiger partial charge < -0.3 is 39.8 Å². The molecule has 6 rings (SSSR count). The standard InChI is InChI=1S/C48H58N6O7S/c1-3-54(4-2)39-17-18-43(41(32-39)44-31-38(19-20-49-44)47(56)52-42-16-8-13-36-12-5-6-15-40(36)42)53-46(55)37-14-7-10-35(30-37)11-9-22-58-24-26-60-28-29-61-27-25-59-23-21-50-48(57)45-33-62-34-51-45/h5-7,10,12,14-15,17-20,30-34,42H,3-4,8-9,11,13,16,21-29H2,1-2H3,(H,50,57)(H,52,56)(H,53,55)/t42-/m0/s1. The van der Waals surface area contributed by atoms with Crippen molar-refractivity contribution in [3.05, 3.63) is 129 Å². The SMILES string of the molecule is CCN(CC)c1ccc(NC(=O)c2cccc(CCCOCCOCCOCCOCCNC(=O)c3cscn3)c2)c(-c2cc(C(=O)N[C@H]3CCCc4ccccc43)ccn2)c1. The number of amides is 3. The fourth-order valence-corrected chi connectivity index (χ4v) is 7.89. The van der Waals surface area contributed by atoms with E-state index in [9.17, 15) is 14.4 Å². The van der Waals surface area contributed by atoms with E-state index in [0.29, 0.717) is 87.6 Å². The number of hydrogen-bond donors (Lipinski definition) is 3. The van der Waals surface area contributed by atoms with Crippen molar-refractivity contribution in [1.29, 1.82) is 0 Å². The second-order valence-electron chi connectivity index (χ2n) is 14.8. The molecule has 0 bridgehead atoms. The van der Waals surface area contributed by atoms with Crippen LogP contribution in [0.1, 0.15) is 87.0 Å². The third kappa shape index (κ3) is 13.7. The summed E-state index contributed by atoms with van der Waals surface area (Å²) >= 11 is 1.38. The topological polar surface area (TPSA) is 153 Å². The first-order valence-corrected chi connectivity index (χ1v) is 22.5. The van der Waals surface area contributed by atoms with Crippen LogP contribution in [0.25, 0.3) is 11.3 Å². The van der Waals surface area contributed by atoms with Gasteiger partial charge in [-0.1, -0.05) is 36.4 Å². The molecule has 0 radical (unpaired) electrons. The molecular formula is C48H58N6O7S. The number of aryl methyl sites for hydroxylation is 2. The Labute approximate surface area is 368 Å². The number of fused-ring (bicyclic) bond motifs is 1. The Kier molecular flexibility index (Phi) is 18.4. The second kappa shape index (κ2) is 24.8. The van der Waals surface area contributed by atoms with Crippen molar-refractivity contribution in [1.82, 2.24) is 20.6 Å². The van der Waals surface area contributed by atoms with E-state index in [1.807, 2.05) is 54.6 Å². The van der Waals surface area contributed by atoms with Crippen LogP contribution >= 0.6 is 11.3 Å². The number of aromatic nitrogens is 2. The van der Waals surface area contributed by atoms with Gasteiger partial charge in [0.2, 0.25) is 0 Å². The van der Waals surface area contributed by atoms with E-state index in [2.05, 4.69) is 57.9 Å². The van der Waals surface area contributed by atoms with Crippen molar-refractivity contribution in [3.8, 4) is 11.3 Å². The van der Waals surface area contributed by atoms with Crippen molar-refractivity contribution in [2.24, 2.45) is 0 Å². The third-order valence-corrected chi connectivity index (χ3v) is 11.2. The lowest BCUT2D eigenvalue weighted by molar-refractivity contribution is -0.00158. The van der Waals surface area contributed by atoms with E-state index in [1.54, 1.807) is 23.2 Å². The summed E-state index contributed by atoms with van der Waals surface area (Å²) < 4.78 is 22.4. The van der Waals surface area contributed by atoms with Gasteiger partial charge >= 0.3 is 0 Å². The zero-order chi connectivity index (χ0) is 43.4. The predicted octanol–water partition coefficient (Wildman–Crippen LogP) is 7.54. The highest BCUT2D eigenvalue weighted by atomic mass is 32.1. The summed E-state index contributed by atoms with van der Waals surface area (Å²) in [6.45, 7) is 9.97. The zero-order valence-electron chi connectivity index (χ0n) is 35.7. The minimum atomic E-state index is -0.230. The Morgan fingerprint density at radius 2 is 1.50 bits per heavy atom. The second-order valence-corrected chi connectivity index (χ2v) is 15.5. The van der Waals surface area contributed by atoms with Crippen LogP contribution in [0.5, 0.6) is 0 Å². The molecule has 0 spiro atoms. The Balaban J connectivity index is 0.931. The van der Waals surface area contributed by atoms with E-state index in [0.717, 1.165) is 62.0 Å². The molecule has 3 amide bonds. The van der Waals surface area contributed by atoms with E-state index in [-0.39, 0.29) is 23.8 Å². The quantitative estimate of drug-likeness (QED) is 0.0502. The van der Waals surface area contributed by atoms with Crippen LogP contribution < -0.4 is 20.9 Å². The minimum absolute atomic E-state index is 0.0431. The molecule has 2 heterocycles. The van der Waals surface area contributed by atoms with E-state index in [1.165, 1.54) is 22.5 Å². The molecule has 3 N–H and O–H groups in total. The van der Waals surface area contributed by atoms with E-state index < -0.39 is 0 Å². The highest BCUT2D eigenvalue weighted by molar-refractivity contribution is 7.07. The average molecular weight is 863 g/mol. The van der Waals surface area contributed by atoms with Crippen molar-refractivity contribution in [2.45, 2.75) is 52.0 Å². The van der Waals surface area contributed by atoms with Gasteiger partial charge in [-0.15, -0.1) is 11.3 Å². The molecule has 14 heteroatoms. The van der Waals surface area contributed by atoms with Gasteiger partial charge in [-0.3, -0.25) is 19.4 Å². The van der Waals surface area contributed by atoms with Gasteiger partial charge in [-0.05, 0) is 105 Å². The molecular weight excluding hydrogens is 805 g/mol. The summed E-state index contributed by atoms with van der Waals surface area (Å²) in [5.41, 5.74) is 9.56. The van der Waals surface area contributed by atoms with E-state index in [4.69, 9.17) is 23.9 Å². The first-order valence-electron chi connectivity index (χ1n) is 21.5. The molecule has 62 heavy (non-hydrogen) atoms. The van der Waals surface area contributed by atoms with E-state index >= 15 is 0 Å². The Morgan fingerprint density at radius 3 is 2.26 bits per heavy atom. The maximum atomic E-state index is 13.8. The molecule has 0 fully saturated rings. The fourth-order valence-electron chi connectivity index (χ4n) is 7.36. The number of carbonyl (C=O) groups is 3. The Bertz CT molecular complexity index is 2180. The van der Waals surface area contributed by atoms with Gasteiger partial charge in [-0.25, -0.2) is 4.98 Å². The summed E-state index contributed by atoms with van der Waals surface area (Å²) in [7, 11) is 0. The predicted molar refractivity (Wildman–Crippen MR) is 243 cm³/mol. The number of pyridine rings is 1. The van der Waals surface area contributed by atoms with Crippen LogP contribution in [0, 0.1) is 0 Å². The molecule has 0 saturated heterocycles. The first kappa shape index (κ1) is 46.0. The molecule has 2 aromatic heterocycles. The van der Waals surface area contributed by atoms with Crippen LogP contribution in [0.2, 0.25) is 0 Å². The summed E-state index contributed by atoms with van der Waals surface area (Å²) in [4.78, 5) is 50.2. The number of nitrogens with zero attached hydrogens (tertiary/aromatic N) is 3. The molecule has 0 aliphatic heterocycles. The number of anilines is 2. The number of ether oxygens (including phenoxy) is 4. The first-order chi connectivity index (χ1) is 30.4. The molecule has 0 unspecified atom stereocenters. The lowest BCUT2D eigenvalue weighted by Crippen LogP contribution is -2.31. The zero-order valence-corrected chi connectivity index (χ0v) is 36.6. The number of nitrogens with one attached hydrogen (secondary N) is 3. The smallest absolute Gasteiger partial charge is 0.270 e. The average Bonchev–Trinajstić information content (AvgIpc) is 3.86. The number of benzene rings is 3. The number of hydrogen-bond acceptors (Lipinski definition) is 11. The van der Waals surface area contributed by atoms with Gasteiger partial charge in [0.05, 0.1) is 69.2 Å². The van der Waals surface area contributed by atoms with Crippen LogP contribution in [0.3, 0.4) is 0 Å². The lowest BCUT2D eigenvalue weighted by Gasteiger charge is -2.26. The Hall–Kier alpha value is -5.51. The molecule has 5 aromatic rings. The molecule has 1 aliphatic carbocycles. The van der Waals surface area contributed by atoms with Crippen molar-refractivity contribution < 1.29 is 33.3 Å². The molecule has 13 nitrogen and oxygen atoms in total. The highest BCUT2D eigenvalue weighted by Crippen LogP contribution is 2.33. The van der Waals surface area contributed by atoms with Crippen LogP contribution in [0.15, 0.2) is 96.0 Å². The van der Waals surface area contributed by atoms with Crippen molar-refractivity contribution in [3.63, 3.8) is 0 Å². The van der Waals surface area contributed by atoms with Gasteiger partial charge in [-0.2, -0.15) is 0 Å². The van der Waals surface area contributed by atoms with Gasteiger partial charge in [0.1, 0.15) is 5.69 Å². The van der Waals surface area contributed by atoms with Crippen molar-refractivity contribution in [2.75, 3.05) is 82.7 Å². The number of rotatable bonds is 25. The van der Waals surface area contributed by atoms with Crippen LogP contribution in [0.4, 0.5) is 11.4 Å². The molecule has 328 valence electrons. The van der Waals surface area contributed by atoms with Gasteiger partial charge in [0.15, 0.2) is 0 Å². The summed E-state index contributed by atoms with van der Waals surface area (Å²) in [5.74, 6) is -0.584. The van der Waals surface area contributed by atoms with Crippen LogP contribution in [-0.2, 0) is 31.8 Å². The number of carbonyl (C=O) groups excluding carboxylic acids is 3. The normalized spacial score (nSPS) is 13.3. The minimum Gasteiger partial charge on any atom is -0.379 e. The van der Waals surface area contributed by atoms with Gasteiger partial charge in [0.25, 0.3) is 17.7 Å². The fraction of sp³-hybridized carbons (Fsp3) is 0.396. The van der Waals surface area contributed by atoms with Crippen LogP contribution in [-0.4, -0.2) is 100 Å². The maximum Gasteiger partial charge on any atom is 0.270 e. The maximum absolute atomic E-state index is 13.8. The Morgan fingerprint density at radius 1 is 0.758 bits per heavy atom. The molecule has 0 saturated carbocycles. The molecule has 1 aliphatic rings. The largest absolute Gasteiger partial charge is 0.379 e. The summed E-state index contributed by atoms with van der Waals surface area (Å²) in [6.07, 6.45) is 6.15. The van der Waals surface area contributed by atoms with Crippen molar-refractivity contribution >= 4 is 40.4 Å². The summed E-state index contributed by atoms with van der Waals surface area (Å²) in [6, 6.07) is 25.4. The highest BCUT2D eigenvalue weighted by Gasteiger charge is 2.23.